The standard InChI is InChI=1S/C15H19NO2/c1-11(2)9-16(3)15(17)13-8-12-6-4-5-7-14(12)18-10-13/h4-8,11H,9-10H2,1-3H3. The highest BCUT2D eigenvalue weighted by molar-refractivity contribution is 5.99. The smallest absolute Gasteiger partial charge is 0.253 e. The van der Waals surface area contributed by atoms with Crippen molar-refractivity contribution < 1.29 is 9.53 Å². The Morgan fingerprint density at radius 2 is 2.11 bits per heavy atom. The first-order valence-corrected chi connectivity index (χ1v) is 6.26. The molecule has 2 rings (SSSR count). The Hall–Kier alpha value is -1.77. The second-order valence-corrected chi connectivity index (χ2v) is 5.08. The maximum Gasteiger partial charge on any atom is 0.253 e. The summed E-state index contributed by atoms with van der Waals surface area (Å²) >= 11 is 0. The Labute approximate surface area is 108 Å². The topological polar surface area (TPSA) is 29.5 Å². The molecular formula is C15H19NO2. The molecule has 0 spiro atoms. The minimum atomic E-state index is 0.0539. The molecule has 0 saturated carbocycles. The molecule has 1 heterocycles. The number of benzene rings is 1. The normalized spacial score (nSPS) is 13.7. The number of fused-ring (bicyclic) bond motifs is 1. The summed E-state index contributed by atoms with van der Waals surface area (Å²) in [4.78, 5) is 14.0. The van der Waals surface area contributed by atoms with Gasteiger partial charge in [-0.2, -0.15) is 0 Å². The van der Waals surface area contributed by atoms with E-state index in [1.54, 1.807) is 4.90 Å². The van der Waals surface area contributed by atoms with Gasteiger partial charge in [0.15, 0.2) is 0 Å². The van der Waals surface area contributed by atoms with Crippen LogP contribution in [0.2, 0.25) is 0 Å². The van der Waals surface area contributed by atoms with Crippen LogP contribution in [0.4, 0.5) is 0 Å². The minimum absolute atomic E-state index is 0.0539. The first-order chi connectivity index (χ1) is 8.58. The zero-order valence-corrected chi connectivity index (χ0v) is 11.1. The summed E-state index contributed by atoms with van der Waals surface area (Å²) in [5, 5.41) is 0. The molecule has 0 atom stereocenters. The number of para-hydroxylation sites is 1. The van der Waals surface area contributed by atoms with Crippen molar-refractivity contribution in [2.24, 2.45) is 5.92 Å². The Bertz CT molecular complexity index is 477. The summed E-state index contributed by atoms with van der Waals surface area (Å²) in [6, 6.07) is 7.77. The summed E-state index contributed by atoms with van der Waals surface area (Å²) in [5.74, 6) is 1.37. The van der Waals surface area contributed by atoms with Gasteiger partial charge >= 0.3 is 0 Å². The lowest BCUT2D eigenvalue weighted by Crippen LogP contribution is -2.33. The molecule has 96 valence electrons. The van der Waals surface area contributed by atoms with E-state index in [0.717, 1.165) is 23.4 Å². The maximum atomic E-state index is 12.2. The fourth-order valence-corrected chi connectivity index (χ4v) is 2.12. The van der Waals surface area contributed by atoms with Crippen LogP contribution in [0.3, 0.4) is 0 Å². The fourth-order valence-electron chi connectivity index (χ4n) is 2.12. The zero-order chi connectivity index (χ0) is 13.1. The van der Waals surface area contributed by atoms with Crippen molar-refractivity contribution >= 4 is 12.0 Å². The third-order valence-electron chi connectivity index (χ3n) is 2.89. The molecule has 18 heavy (non-hydrogen) atoms. The van der Waals surface area contributed by atoms with E-state index in [4.69, 9.17) is 4.74 Å². The van der Waals surface area contributed by atoms with E-state index in [9.17, 15) is 4.79 Å². The van der Waals surface area contributed by atoms with E-state index in [-0.39, 0.29) is 5.91 Å². The van der Waals surface area contributed by atoms with Crippen LogP contribution in [0.5, 0.6) is 5.75 Å². The van der Waals surface area contributed by atoms with Gasteiger partial charge < -0.3 is 9.64 Å². The highest BCUT2D eigenvalue weighted by Gasteiger charge is 2.20. The molecule has 3 nitrogen and oxygen atoms in total. The van der Waals surface area contributed by atoms with E-state index in [2.05, 4.69) is 13.8 Å². The SMILES string of the molecule is CC(C)CN(C)C(=O)C1=Cc2ccccc2OC1. The van der Waals surface area contributed by atoms with Crippen molar-refractivity contribution in [2.75, 3.05) is 20.2 Å². The number of ether oxygens (including phenoxy) is 1. The van der Waals surface area contributed by atoms with Crippen molar-refractivity contribution in [2.45, 2.75) is 13.8 Å². The van der Waals surface area contributed by atoms with Gasteiger partial charge in [0.05, 0.1) is 5.57 Å². The van der Waals surface area contributed by atoms with Crippen LogP contribution in [0, 0.1) is 5.92 Å². The van der Waals surface area contributed by atoms with Crippen LogP contribution in [-0.2, 0) is 4.79 Å². The highest BCUT2D eigenvalue weighted by Crippen LogP contribution is 2.26. The molecule has 0 bridgehead atoms. The van der Waals surface area contributed by atoms with E-state index < -0.39 is 0 Å². The van der Waals surface area contributed by atoms with Crippen LogP contribution in [0.15, 0.2) is 29.8 Å². The lowest BCUT2D eigenvalue weighted by molar-refractivity contribution is -0.126. The molecule has 1 aromatic rings. The predicted molar refractivity (Wildman–Crippen MR) is 72.4 cm³/mol. The van der Waals surface area contributed by atoms with Gasteiger partial charge in [0.25, 0.3) is 5.91 Å². The minimum Gasteiger partial charge on any atom is -0.488 e. The van der Waals surface area contributed by atoms with Gasteiger partial charge in [0.2, 0.25) is 0 Å². The van der Waals surface area contributed by atoms with Gasteiger partial charge in [0.1, 0.15) is 12.4 Å². The monoisotopic (exact) mass is 245 g/mol. The molecule has 0 saturated heterocycles. The molecule has 0 N–H and O–H groups in total. The molecule has 1 aliphatic heterocycles. The first-order valence-electron chi connectivity index (χ1n) is 6.26. The fraction of sp³-hybridized carbons (Fsp3) is 0.400. The average Bonchev–Trinajstić information content (AvgIpc) is 2.36. The van der Waals surface area contributed by atoms with Gasteiger partial charge in [-0.1, -0.05) is 32.0 Å². The molecular weight excluding hydrogens is 226 g/mol. The van der Waals surface area contributed by atoms with Crippen LogP contribution >= 0.6 is 0 Å². The van der Waals surface area contributed by atoms with E-state index in [1.165, 1.54) is 0 Å². The molecule has 0 aliphatic carbocycles. The van der Waals surface area contributed by atoms with E-state index in [1.807, 2.05) is 37.4 Å². The van der Waals surface area contributed by atoms with E-state index >= 15 is 0 Å². The lowest BCUT2D eigenvalue weighted by atomic mass is 10.1. The van der Waals surface area contributed by atoms with Crippen molar-refractivity contribution in [3.8, 4) is 5.75 Å². The Morgan fingerprint density at radius 1 is 1.39 bits per heavy atom. The van der Waals surface area contributed by atoms with Gasteiger partial charge in [-0.25, -0.2) is 0 Å². The molecule has 1 amide bonds. The third-order valence-corrected chi connectivity index (χ3v) is 2.89. The number of hydrogen-bond donors (Lipinski definition) is 0. The summed E-state index contributed by atoms with van der Waals surface area (Å²) in [7, 11) is 1.84. The summed E-state index contributed by atoms with van der Waals surface area (Å²) in [5.41, 5.74) is 1.70. The molecule has 0 aromatic heterocycles. The van der Waals surface area contributed by atoms with Crippen LogP contribution in [-0.4, -0.2) is 31.0 Å². The molecule has 0 fully saturated rings. The summed E-state index contributed by atoms with van der Waals surface area (Å²) in [6.07, 6.45) is 1.93. The second-order valence-electron chi connectivity index (χ2n) is 5.08. The Balaban J connectivity index is 2.16. The molecule has 0 radical (unpaired) electrons. The van der Waals surface area contributed by atoms with Gasteiger partial charge in [-0.05, 0) is 18.1 Å². The number of hydrogen-bond acceptors (Lipinski definition) is 2. The third kappa shape index (κ3) is 2.73. The average molecular weight is 245 g/mol. The van der Waals surface area contributed by atoms with Crippen molar-refractivity contribution in [1.29, 1.82) is 0 Å². The van der Waals surface area contributed by atoms with Gasteiger partial charge in [0, 0.05) is 19.2 Å². The molecule has 3 heteroatoms. The van der Waals surface area contributed by atoms with Gasteiger partial charge in [-0.3, -0.25) is 4.79 Å². The second kappa shape index (κ2) is 5.25. The maximum absolute atomic E-state index is 12.2. The Kier molecular flexibility index (Phi) is 3.70. The van der Waals surface area contributed by atoms with Crippen molar-refractivity contribution in [3.05, 3.63) is 35.4 Å². The summed E-state index contributed by atoms with van der Waals surface area (Å²) in [6.45, 7) is 5.33. The first kappa shape index (κ1) is 12.7. The lowest BCUT2D eigenvalue weighted by Gasteiger charge is -2.23. The zero-order valence-electron chi connectivity index (χ0n) is 11.1. The van der Waals surface area contributed by atoms with Crippen molar-refractivity contribution in [1.82, 2.24) is 4.90 Å². The predicted octanol–water partition coefficient (Wildman–Crippen LogP) is 2.58. The van der Waals surface area contributed by atoms with Crippen LogP contribution in [0.25, 0.3) is 6.08 Å². The number of carbonyl (C=O) groups is 1. The number of rotatable bonds is 3. The molecule has 1 aromatic carbocycles. The molecule has 1 aliphatic rings. The quantitative estimate of drug-likeness (QED) is 0.819. The van der Waals surface area contributed by atoms with Crippen LogP contribution in [0.1, 0.15) is 19.4 Å². The Morgan fingerprint density at radius 3 is 2.83 bits per heavy atom. The number of amides is 1. The largest absolute Gasteiger partial charge is 0.488 e. The van der Waals surface area contributed by atoms with Crippen molar-refractivity contribution in [3.63, 3.8) is 0 Å². The molecule has 0 unspecified atom stereocenters. The van der Waals surface area contributed by atoms with Crippen LogP contribution < -0.4 is 4.74 Å². The number of nitrogens with zero attached hydrogens (tertiary/aromatic N) is 1. The van der Waals surface area contributed by atoms with Gasteiger partial charge in [-0.15, -0.1) is 0 Å². The van der Waals surface area contributed by atoms with E-state index in [0.29, 0.717) is 12.5 Å². The number of carbonyl (C=O) groups excluding carboxylic acids is 1. The highest BCUT2D eigenvalue weighted by atomic mass is 16.5. The number of likely N-dealkylation sites (N-methyl/N-ethyl adjacent to an activating group) is 1. The summed E-state index contributed by atoms with van der Waals surface area (Å²) < 4.78 is 5.60.